The topological polar surface area (TPSA) is 105 Å². The maximum atomic E-state index is 15.7. The van der Waals surface area contributed by atoms with Gasteiger partial charge < -0.3 is 14.5 Å². The average Bonchev–Trinajstić information content (AvgIpc) is 3.36. The largest absolute Gasteiger partial charge is 0.478 e. The Hall–Kier alpha value is -4.02. The van der Waals surface area contributed by atoms with Crippen LogP contribution >= 0.6 is 0 Å². The highest BCUT2D eigenvalue weighted by Gasteiger charge is 2.41. The molecule has 0 unspecified atom stereocenters. The highest BCUT2D eigenvalue weighted by molar-refractivity contribution is 6.00. The number of halogens is 3. The Kier molecular flexibility index (Phi) is 5.85. The Morgan fingerprint density at radius 1 is 1.11 bits per heavy atom. The van der Waals surface area contributed by atoms with Gasteiger partial charge in [-0.2, -0.15) is 4.98 Å². The van der Waals surface area contributed by atoms with Gasteiger partial charge in [0.25, 0.3) is 0 Å². The van der Waals surface area contributed by atoms with Gasteiger partial charge in [0, 0.05) is 37.4 Å². The van der Waals surface area contributed by atoms with Crippen molar-refractivity contribution in [3.63, 3.8) is 0 Å². The Balaban J connectivity index is 1.48. The van der Waals surface area contributed by atoms with E-state index in [2.05, 4.69) is 20.1 Å². The van der Waals surface area contributed by atoms with Gasteiger partial charge in [0.05, 0.1) is 16.5 Å². The van der Waals surface area contributed by atoms with Gasteiger partial charge in [0.1, 0.15) is 23.8 Å². The predicted octanol–water partition coefficient (Wildman–Crippen LogP) is 5.24. The van der Waals surface area contributed by atoms with Crippen LogP contribution in [0.5, 0.6) is 0 Å². The third-order valence-electron chi connectivity index (χ3n) is 6.42. The Morgan fingerprint density at radius 3 is 2.50 bits per heavy atom. The molecule has 0 amide bonds. The molecule has 1 aliphatic heterocycles. The Morgan fingerprint density at radius 2 is 1.86 bits per heavy atom. The predicted molar refractivity (Wildman–Crippen MR) is 124 cm³/mol. The van der Waals surface area contributed by atoms with E-state index in [-0.39, 0.29) is 48.6 Å². The molecule has 186 valence electrons. The van der Waals surface area contributed by atoms with Crippen molar-refractivity contribution in [1.82, 2.24) is 20.1 Å². The van der Waals surface area contributed by atoms with E-state index in [0.29, 0.717) is 22.8 Å². The zero-order valence-electron chi connectivity index (χ0n) is 19.5. The quantitative estimate of drug-likeness (QED) is 0.399. The normalized spacial score (nSPS) is 15.6. The molecule has 11 heteroatoms. The monoisotopic (exact) mass is 497 g/mol. The molecule has 1 saturated heterocycles. The lowest BCUT2D eigenvalue weighted by atomic mass is 9.92. The van der Waals surface area contributed by atoms with Crippen LogP contribution in [0.15, 0.2) is 41.2 Å². The van der Waals surface area contributed by atoms with Crippen LogP contribution in [0.3, 0.4) is 0 Å². The number of hydrogen-bond acceptors (Lipinski definition) is 7. The molecular formula is C25H22F3N5O3. The number of piperidine rings is 1. The molecule has 0 aliphatic carbocycles. The number of anilines is 1. The van der Waals surface area contributed by atoms with E-state index < -0.39 is 28.8 Å². The van der Waals surface area contributed by atoms with Gasteiger partial charge in [0.15, 0.2) is 5.67 Å². The van der Waals surface area contributed by atoms with Crippen molar-refractivity contribution in [2.75, 3.05) is 18.0 Å². The van der Waals surface area contributed by atoms with Crippen molar-refractivity contribution in [3.8, 4) is 11.1 Å². The Labute approximate surface area is 203 Å². The van der Waals surface area contributed by atoms with Crippen LogP contribution < -0.4 is 4.90 Å². The van der Waals surface area contributed by atoms with Crippen LogP contribution in [0.4, 0.5) is 19.0 Å². The summed E-state index contributed by atoms with van der Waals surface area (Å²) in [4.78, 5) is 25.7. The van der Waals surface area contributed by atoms with Crippen LogP contribution in [-0.2, 0) is 5.67 Å². The summed E-state index contributed by atoms with van der Waals surface area (Å²) in [5.74, 6) is -2.23. The SMILES string of the molecule is CC(C)c1nc(C2(F)CCN(c3ncnc4c(-c5ccc(C(=O)O)c(F)c5)ccc(F)c34)CC2)no1. The maximum Gasteiger partial charge on any atom is 0.338 e. The van der Waals surface area contributed by atoms with Crippen molar-refractivity contribution < 1.29 is 27.6 Å². The van der Waals surface area contributed by atoms with Crippen molar-refractivity contribution in [3.05, 3.63) is 65.6 Å². The van der Waals surface area contributed by atoms with Crippen molar-refractivity contribution >= 4 is 22.7 Å². The molecule has 3 heterocycles. The lowest BCUT2D eigenvalue weighted by Gasteiger charge is -2.35. The van der Waals surface area contributed by atoms with E-state index in [1.54, 1.807) is 4.90 Å². The molecule has 2 aromatic heterocycles. The third kappa shape index (κ3) is 4.04. The summed E-state index contributed by atoms with van der Waals surface area (Å²) < 4.78 is 50.3. The molecule has 0 atom stereocenters. The third-order valence-corrected chi connectivity index (χ3v) is 6.42. The molecule has 1 N–H and O–H groups in total. The highest BCUT2D eigenvalue weighted by Crippen LogP contribution is 2.39. The summed E-state index contributed by atoms with van der Waals surface area (Å²) in [7, 11) is 0. The number of hydrogen-bond donors (Lipinski definition) is 1. The van der Waals surface area contributed by atoms with E-state index in [9.17, 15) is 9.18 Å². The van der Waals surface area contributed by atoms with Crippen molar-refractivity contribution in [1.29, 1.82) is 0 Å². The Bertz CT molecular complexity index is 1460. The van der Waals surface area contributed by atoms with E-state index in [1.165, 1.54) is 24.5 Å². The molecule has 1 aliphatic rings. The fourth-order valence-corrected chi connectivity index (χ4v) is 4.40. The fraction of sp³-hybridized carbons (Fsp3) is 0.320. The van der Waals surface area contributed by atoms with E-state index in [1.807, 2.05) is 13.8 Å². The molecule has 2 aromatic carbocycles. The number of benzene rings is 2. The van der Waals surface area contributed by atoms with Gasteiger partial charge in [-0.25, -0.2) is 27.9 Å². The molecule has 8 nitrogen and oxygen atoms in total. The first-order valence-electron chi connectivity index (χ1n) is 11.4. The molecule has 0 saturated carbocycles. The van der Waals surface area contributed by atoms with Crippen molar-refractivity contribution in [2.45, 2.75) is 38.3 Å². The van der Waals surface area contributed by atoms with E-state index in [4.69, 9.17) is 9.63 Å². The van der Waals surface area contributed by atoms with Gasteiger partial charge >= 0.3 is 5.97 Å². The molecule has 0 radical (unpaired) electrons. The van der Waals surface area contributed by atoms with E-state index in [0.717, 1.165) is 12.1 Å². The minimum absolute atomic E-state index is 0.0127. The highest BCUT2D eigenvalue weighted by atomic mass is 19.1. The van der Waals surface area contributed by atoms with Gasteiger partial charge in [-0.05, 0) is 29.8 Å². The molecule has 36 heavy (non-hydrogen) atoms. The second kappa shape index (κ2) is 8.89. The smallest absolute Gasteiger partial charge is 0.338 e. The number of carboxylic acid groups (broad SMARTS) is 1. The number of rotatable bonds is 5. The van der Waals surface area contributed by atoms with Gasteiger partial charge in [-0.15, -0.1) is 0 Å². The second-order valence-electron chi connectivity index (χ2n) is 9.08. The minimum atomic E-state index is -1.77. The summed E-state index contributed by atoms with van der Waals surface area (Å²) in [6.07, 6.45) is 1.38. The lowest BCUT2D eigenvalue weighted by Crippen LogP contribution is -2.41. The first-order valence-corrected chi connectivity index (χ1v) is 11.4. The fourth-order valence-electron chi connectivity index (χ4n) is 4.40. The van der Waals surface area contributed by atoms with Gasteiger partial charge in [-0.3, -0.25) is 0 Å². The van der Waals surface area contributed by atoms with Crippen LogP contribution in [0.1, 0.15) is 54.7 Å². The molecule has 4 aromatic rings. The number of fused-ring (bicyclic) bond motifs is 1. The first kappa shape index (κ1) is 23.7. The summed E-state index contributed by atoms with van der Waals surface area (Å²) in [6, 6.07) is 6.35. The first-order chi connectivity index (χ1) is 17.2. The van der Waals surface area contributed by atoms with Crippen LogP contribution in [0.2, 0.25) is 0 Å². The molecule has 0 spiro atoms. The van der Waals surface area contributed by atoms with Gasteiger partial charge in [-0.1, -0.05) is 25.1 Å². The van der Waals surface area contributed by atoms with Crippen LogP contribution in [0, 0.1) is 11.6 Å². The summed E-state index contributed by atoms with van der Waals surface area (Å²) in [5, 5.41) is 13.0. The van der Waals surface area contributed by atoms with Crippen LogP contribution in [-0.4, -0.2) is 44.3 Å². The summed E-state index contributed by atoms with van der Waals surface area (Å²) in [6.45, 7) is 4.20. The number of aromatic nitrogens is 4. The van der Waals surface area contributed by atoms with Crippen molar-refractivity contribution in [2.24, 2.45) is 0 Å². The lowest BCUT2D eigenvalue weighted by molar-refractivity contribution is 0.0692. The number of aromatic carboxylic acids is 1. The van der Waals surface area contributed by atoms with Crippen LogP contribution in [0.25, 0.3) is 22.0 Å². The number of carbonyl (C=O) groups is 1. The molecule has 0 bridgehead atoms. The summed E-state index contributed by atoms with van der Waals surface area (Å²) in [5.41, 5.74) is -1.25. The molecule has 5 rings (SSSR count). The summed E-state index contributed by atoms with van der Waals surface area (Å²) >= 11 is 0. The number of alkyl halides is 1. The maximum absolute atomic E-state index is 15.7. The number of carboxylic acids is 1. The average molecular weight is 497 g/mol. The number of nitrogens with zero attached hydrogens (tertiary/aromatic N) is 5. The second-order valence-corrected chi connectivity index (χ2v) is 9.08. The van der Waals surface area contributed by atoms with E-state index >= 15 is 8.78 Å². The molecular weight excluding hydrogens is 475 g/mol. The molecule has 1 fully saturated rings. The van der Waals surface area contributed by atoms with Gasteiger partial charge in [0.2, 0.25) is 11.7 Å². The zero-order valence-corrected chi connectivity index (χ0v) is 19.5. The zero-order chi connectivity index (χ0) is 25.6. The minimum Gasteiger partial charge on any atom is -0.478 e. The standard InChI is InChI=1S/C25H22F3N5O3/c1-13(2)22-31-24(32-36-22)25(28)7-9-33(10-8-25)21-19-17(26)6-5-15(20(19)29-12-30-21)14-3-4-16(23(34)35)18(27)11-14/h3-6,11-13H,7-10H2,1-2H3,(H,34,35).